The molecule has 0 radical (unpaired) electrons. The summed E-state index contributed by atoms with van der Waals surface area (Å²) in [5.41, 5.74) is 0.338. The molecule has 2 fully saturated rings. The Kier molecular flexibility index (Phi) is 6.10. The SMILES string of the molecule is CC(C)N1CCCC(NC2CCN(C(C)(C)C)CC2)CC1. The third-order valence-corrected chi connectivity index (χ3v) is 5.41. The van der Waals surface area contributed by atoms with E-state index in [1.807, 2.05) is 0 Å². The molecule has 0 spiro atoms. The molecule has 2 heterocycles. The largest absolute Gasteiger partial charge is 0.311 e. The molecule has 2 saturated heterocycles. The average Bonchev–Trinajstić information content (AvgIpc) is 2.64. The molecule has 1 N–H and O–H groups in total. The first-order valence-electron chi connectivity index (χ1n) is 9.11. The molecular formula is C18H37N3. The van der Waals surface area contributed by atoms with Gasteiger partial charge in [0.1, 0.15) is 0 Å². The van der Waals surface area contributed by atoms with Crippen LogP contribution >= 0.6 is 0 Å². The van der Waals surface area contributed by atoms with Crippen LogP contribution in [0.25, 0.3) is 0 Å². The van der Waals surface area contributed by atoms with E-state index in [0.29, 0.717) is 11.6 Å². The zero-order valence-corrected chi connectivity index (χ0v) is 15.0. The van der Waals surface area contributed by atoms with Crippen molar-refractivity contribution in [1.29, 1.82) is 0 Å². The third kappa shape index (κ3) is 5.22. The minimum Gasteiger partial charge on any atom is -0.311 e. The van der Waals surface area contributed by atoms with Gasteiger partial charge in [0.05, 0.1) is 0 Å². The normalized spacial score (nSPS) is 28.0. The van der Waals surface area contributed by atoms with Crippen LogP contribution in [0.4, 0.5) is 0 Å². The van der Waals surface area contributed by atoms with Gasteiger partial charge in [0.25, 0.3) is 0 Å². The molecule has 2 aliphatic heterocycles. The Morgan fingerprint density at radius 1 is 0.857 bits per heavy atom. The van der Waals surface area contributed by atoms with Crippen molar-refractivity contribution >= 4 is 0 Å². The highest BCUT2D eigenvalue weighted by atomic mass is 15.2. The number of piperidine rings is 1. The number of nitrogens with one attached hydrogen (secondary N) is 1. The van der Waals surface area contributed by atoms with Crippen molar-refractivity contribution in [2.45, 2.75) is 90.4 Å². The standard InChI is InChI=1S/C18H37N3/c1-15(2)20-11-6-7-16(8-12-20)19-17-9-13-21(14-10-17)18(3,4)5/h15-17,19H,6-14H2,1-5H3. The molecule has 2 rings (SSSR count). The second-order valence-corrected chi connectivity index (χ2v) is 8.36. The van der Waals surface area contributed by atoms with Gasteiger partial charge in [-0.3, -0.25) is 4.90 Å². The summed E-state index contributed by atoms with van der Waals surface area (Å²) in [6, 6.07) is 2.21. The maximum Gasteiger partial charge on any atom is 0.0125 e. The monoisotopic (exact) mass is 295 g/mol. The van der Waals surface area contributed by atoms with Crippen LogP contribution in [0.3, 0.4) is 0 Å². The Balaban J connectivity index is 1.74. The van der Waals surface area contributed by atoms with Crippen molar-refractivity contribution in [3.63, 3.8) is 0 Å². The fraction of sp³-hybridized carbons (Fsp3) is 1.00. The molecule has 3 heteroatoms. The van der Waals surface area contributed by atoms with Gasteiger partial charge in [-0.25, -0.2) is 0 Å². The van der Waals surface area contributed by atoms with Crippen LogP contribution < -0.4 is 5.32 Å². The van der Waals surface area contributed by atoms with Gasteiger partial charge in [0.2, 0.25) is 0 Å². The first-order valence-corrected chi connectivity index (χ1v) is 9.11. The van der Waals surface area contributed by atoms with Crippen LogP contribution in [0.1, 0.15) is 66.7 Å². The first-order chi connectivity index (χ1) is 9.86. The van der Waals surface area contributed by atoms with Gasteiger partial charge < -0.3 is 10.2 Å². The van der Waals surface area contributed by atoms with Crippen LogP contribution in [0.2, 0.25) is 0 Å². The van der Waals surface area contributed by atoms with E-state index >= 15 is 0 Å². The van der Waals surface area contributed by atoms with Gasteiger partial charge in [-0.05, 0) is 79.8 Å². The topological polar surface area (TPSA) is 18.5 Å². The zero-order valence-electron chi connectivity index (χ0n) is 15.0. The maximum atomic E-state index is 3.98. The van der Waals surface area contributed by atoms with Gasteiger partial charge >= 0.3 is 0 Å². The van der Waals surface area contributed by atoms with Crippen LogP contribution in [-0.4, -0.2) is 59.6 Å². The van der Waals surface area contributed by atoms with Crippen LogP contribution in [0.5, 0.6) is 0 Å². The molecule has 0 aromatic heterocycles. The van der Waals surface area contributed by atoms with Crippen LogP contribution in [0, 0.1) is 0 Å². The molecule has 1 atom stereocenters. The smallest absolute Gasteiger partial charge is 0.0125 e. The lowest BCUT2D eigenvalue weighted by molar-refractivity contribution is 0.0931. The third-order valence-electron chi connectivity index (χ3n) is 5.41. The van der Waals surface area contributed by atoms with E-state index in [1.165, 1.54) is 58.3 Å². The molecule has 1 unspecified atom stereocenters. The van der Waals surface area contributed by atoms with Gasteiger partial charge in [0, 0.05) is 36.8 Å². The summed E-state index contributed by atoms with van der Waals surface area (Å²) >= 11 is 0. The van der Waals surface area contributed by atoms with Gasteiger partial charge in [0.15, 0.2) is 0 Å². The fourth-order valence-corrected chi connectivity index (χ4v) is 3.85. The van der Waals surface area contributed by atoms with E-state index in [9.17, 15) is 0 Å². The van der Waals surface area contributed by atoms with Crippen molar-refractivity contribution in [3.8, 4) is 0 Å². The number of likely N-dealkylation sites (tertiary alicyclic amines) is 2. The van der Waals surface area contributed by atoms with E-state index in [-0.39, 0.29) is 0 Å². The first kappa shape index (κ1) is 17.2. The van der Waals surface area contributed by atoms with Crippen LogP contribution in [0.15, 0.2) is 0 Å². The Morgan fingerprint density at radius 2 is 1.43 bits per heavy atom. The van der Waals surface area contributed by atoms with E-state index in [0.717, 1.165) is 12.1 Å². The van der Waals surface area contributed by atoms with E-state index in [4.69, 9.17) is 0 Å². The summed E-state index contributed by atoms with van der Waals surface area (Å²) in [5, 5.41) is 3.98. The highest BCUT2D eigenvalue weighted by Crippen LogP contribution is 2.21. The summed E-state index contributed by atoms with van der Waals surface area (Å²) in [6.07, 6.45) is 6.69. The molecular weight excluding hydrogens is 258 g/mol. The van der Waals surface area contributed by atoms with Crippen molar-refractivity contribution in [1.82, 2.24) is 15.1 Å². The average molecular weight is 296 g/mol. The second-order valence-electron chi connectivity index (χ2n) is 8.36. The Morgan fingerprint density at radius 3 is 2.00 bits per heavy atom. The van der Waals surface area contributed by atoms with E-state index in [1.54, 1.807) is 0 Å². The van der Waals surface area contributed by atoms with Crippen molar-refractivity contribution in [2.75, 3.05) is 26.2 Å². The predicted octanol–water partition coefficient (Wildman–Crippen LogP) is 3.10. The predicted molar refractivity (Wildman–Crippen MR) is 91.8 cm³/mol. The number of rotatable bonds is 3. The van der Waals surface area contributed by atoms with Crippen molar-refractivity contribution < 1.29 is 0 Å². The van der Waals surface area contributed by atoms with Crippen molar-refractivity contribution in [2.24, 2.45) is 0 Å². The quantitative estimate of drug-likeness (QED) is 0.863. The Hall–Kier alpha value is -0.120. The number of nitrogens with zero attached hydrogens (tertiary/aromatic N) is 2. The van der Waals surface area contributed by atoms with E-state index in [2.05, 4.69) is 49.7 Å². The molecule has 124 valence electrons. The molecule has 0 aromatic carbocycles. The summed E-state index contributed by atoms with van der Waals surface area (Å²) in [7, 11) is 0. The molecule has 2 aliphatic rings. The molecule has 0 amide bonds. The molecule has 0 saturated carbocycles. The number of hydrogen-bond acceptors (Lipinski definition) is 3. The Labute approximate surface area is 132 Å². The summed E-state index contributed by atoms with van der Waals surface area (Å²) in [6.45, 7) is 16.8. The van der Waals surface area contributed by atoms with Crippen molar-refractivity contribution in [3.05, 3.63) is 0 Å². The zero-order chi connectivity index (χ0) is 15.5. The lowest BCUT2D eigenvalue weighted by Gasteiger charge is -2.41. The molecule has 0 aliphatic carbocycles. The molecule has 3 nitrogen and oxygen atoms in total. The fourth-order valence-electron chi connectivity index (χ4n) is 3.85. The Bertz CT molecular complexity index is 300. The summed E-state index contributed by atoms with van der Waals surface area (Å²) in [5.74, 6) is 0. The lowest BCUT2D eigenvalue weighted by atomic mass is 9.97. The molecule has 0 bridgehead atoms. The minimum absolute atomic E-state index is 0.338. The van der Waals surface area contributed by atoms with Gasteiger partial charge in [-0.2, -0.15) is 0 Å². The maximum absolute atomic E-state index is 3.98. The van der Waals surface area contributed by atoms with E-state index < -0.39 is 0 Å². The van der Waals surface area contributed by atoms with Crippen LogP contribution in [-0.2, 0) is 0 Å². The highest BCUT2D eigenvalue weighted by Gasteiger charge is 2.28. The number of hydrogen-bond donors (Lipinski definition) is 1. The highest BCUT2D eigenvalue weighted by molar-refractivity contribution is 4.87. The lowest BCUT2D eigenvalue weighted by Crippen LogP contribution is -2.51. The van der Waals surface area contributed by atoms with Gasteiger partial charge in [-0.1, -0.05) is 0 Å². The summed E-state index contributed by atoms with van der Waals surface area (Å²) in [4.78, 5) is 5.28. The molecule has 21 heavy (non-hydrogen) atoms. The molecule has 0 aromatic rings. The second kappa shape index (κ2) is 7.43. The van der Waals surface area contributed by atoms with Gasteiger partial charge in [-0.15, -0.1) is 0 Å². The minimum atomic E-state index is 0.338. The summed E-state index contributed by atoms with van der Waals surface area (Å²) < 4.78 is 0.